The lowest BCUT2D eigenvalue weighted by Crippen LogP contribution is -2.39. The second-order valence-corrected chi connectivity index (χ2v) is 10.2. The van der Waals surface area contributed by atoms with Gasteiger partial charge in [-0.1, -0.05) is 11.6 Å². The van der Waals surface area contributed by atoms with Crippen molar-refractivity contribution in [1.29, 1.82) is 0 Å². The molecular formula is C25H31ClN4O4. The molecule has 0 aliphatic carbocycles. The fourth-order valence-corrected chi connectivity index (χ4v) is 4.89. The van der Waals surface area contributed by atoms with Crippen LogP contribution in [-0.4, -0.2) is 57.6 Å². The molecule has 1 saturated heterocycles. The second kappa shape index (κ2) is 9.88. The first-order valence-electron chi connectivity index (χ1n) is 11.6. The van der Waals surface area contributed by atoms with E-state index in [-0.39, 0.29) is 24.6 Å². The van der Waals surface area contributed by atoms with Crippen LogP contribution in [0.4, 0.5) is 4.79 Å². The van der Waals surface area contributed by atoms with E-state index >= 15 is 0 Å². The highest BCUT2D eigenvalue weighted by molar-refractivity contribution is 6.30. The van der Waals surface area contributed by atoms with E-state index < -0.39 is 5.60 Å². The van der Waals surface area contributed by atoms with Gasteiger partial charge in [0.05, 0.1) is 6.04 Å². The summed E-state index contributed by atoms with van der Waals surface area (Å²) in [6, 6.07) is 5.39. The van der Waals surface area contributed by atoms with Crippen LogP contribution in [0.3, 0.4) is 0 Å². The van der Waals surface area contributed by atoms with Crippen LogP contribution in [0.25, 0.3) is 0 Å². The molecule has 3 heterocycles. The van der Waals surface area contributed by atoms with E-state index in [0.29, 0.717) is 42.6 Å². The number of methoxy groups -OCH3 is 1. The Hall–Kier alpha value is -2.71. The van der Waals surface area contributed by atoms with Crippen LogP contribution in [-0.2, 0) is 29.0 Å². The number of nitrogens with zero attached hydrogens (tertiary/aromatic N) is 4. The van der Waals surface area contributed by atoms with Crippen molar-refractivity contribution in [3.8, 4) is 0 Å². The maximum absolute atomic E-state index is 13.3. The van der Waals surface area contributed by atoms with Crippen LogP contribution in [0, 0.1) is 0 Å². The molecule has 2 aliphatic rings. The summed E-state index contributed by atoms with van der Waals surface area (Å²) >= 11 is 6.49. The first kappa shape index (κ1) is 24.4. The minimum atomic E-state index is -0.569. The van der Waals surface area contributed by atoms with E-state index in [2.05, 4.69) is 9.97 Å². The lowest BCUT2D eigenvalue weighted by atomic mass is 9.90. The number of ether oxygens (including phenoxy) is 2. The fourth-order valence-electron chi connectivity index (χ4n) is 4.64. The van der Waals surface area contributed by atoms with Gasteiger partial charge in [-0.05, 0) is 74.9 Å². The average Bonchev–Trinajstić information content (AvgIpc) is 3.27. The highest BCUT2D eigenvalue weighted by Gasteiger charge is 2.36. The van der Waals surface area contributed by atoms with Crippen molar-refractivity contribution in [2.75, 3.05) is 20.2 Å². The van der Waals surface area contributed by atoms with Crippen molar-refractivity contribution < 1.29 is 19.1 Å². The highest BCUT2D eigenvalue weighted by atomic mass is 35.5. The molecule has 0 radical (unpaired) electrons. The predicted octanol–water partition coefficient (Wildman–Crippen LogP) is 4.55. The van der Waals surface area contributed by atoms with Gasteiger partial charge >= 0.3 is 6.09 Å². The number of benzene rings is 1. The van der Waals surface area contributed by atoms with Crippen LogP contribution < -0.4 is 0 Å². The van der Waals surface area contributed by atoms with E-state index in [1.54, 1.807) is 29.2 Å². The predicted molar refractivity (Wildman–Crippen MR) is 128 cm³/mol. The van der Waals surface area contributed by atoms with Crippen molar-refractivity contribution in [1.82, 2.24) is 19.8 Å². The van der Waals surface area contributed by atoms with Gasteiger partial charge in [-0.2, -0.15) is 0 Å². The molecule has 1 atom stereocenters. The Morgan fingerprint density at radius 3 is 2.76 bits per heavy atom. The Bertz CT molecular complexity index is 1090. The lowest BCUT2D eigenvalue weighted by molar-refractivity contribution is 0.0222. The summed E-state index contributed by atoms with van der Waals surface area (Å²) in [6.07, 6.45) is 3.65. The molecule has 8 nitrogen and oxygen atoms in total. The highest BCUT2D eigenvalue weighted by Crippen LogP contribution is 2.39. The first-order chi connectivity index (χ1) is 16.2. The van der Waals surface area contributed by atoms with Crippen LogP contribution in [0.1, 0.15) is 72.7 Å². The van der Waals surface area contributed by atoms with Crippen LogP contribution in [0.15, 0.2) is 24.4 Å². The number of carbonyl (C=O) groups excluding carboxylic acids is 2. The summed E-state index contributed by atoms with van der Waals surface area (Å²) in [7, 11) is 1.57. The number of hydrogen-bond donors (Lipinski definition) is 0. The third-order valence-electron chi connectivity index (χ3n) is 6.07. The molecule has 182 valence electrons. The Morgan fingerprint density at radius 1 is 1.24 bits per heavy atom. The molecule has 2 amide bonds. The van der Waals surface area contributed by atoms with Gasteiger partial charge in [0.25, 0.3) is 5.91 Å². The fraction of sp³-hybridized carbons (Fsp3) is 0.520. The molecule has 1 unspecified atom stereocenters. The zero-order valence-electron chi connectivity index (χ0n) is 20.1. The van der Waals surface area contributed by atoms with Crippen molar-refractivity contribution in [3.63, 3.8) is 0 Å². The van der Waals surface area contributed by atoms with E-state index in [1.165, 1.54) is 0 Å². The van der Waals surface area contributed by atoms with Gasteiger partial charge in [0.1, 0.15) is 17.9 Å². The SMILES string of the molecule is COCc1nccc(C(=O)N2CCc3cc(Cl)cc(C4CCCN4C(=O)OC(C)(C)C)c3C2)n1. The smallest absolute Gasteiger partial charge is 0.410 e. The molecular weight excluding hydrogens is 456 g/mol. The van der Waals surface area contributed by atoms with Crippen molar-refractivity contribution in [3.05, 3.63) is 57.6 Å². The third-order valence-corrected chi connectivity index (χ3v) is 6.28. The van der Waals surface area contributed by atoms with E-state index in [0.717, 1.165) is 29.5 Å². The molecule has 0 N–H and O–H groups in total. The normalized spacial score (nSPS) is 18.1. The maximum atomic E-state index is 13.3. The molecule has 2 aromatic rings. The number of amides is 2. The standard InChI is InChI=1S/C25H31ClN4O4/c1-25(2,3)34-24(32)30-10-5-6-21(30)18-13-17(26)12-16-8-11-29(14-19(16)18)23(31)20-7-9-27-22(28-20)15-33-4/h7,9,12-13,21H,5-6,8,10-11,14-15H2,1-4H3. The summed E-state index contributed by atoms with van der Waals surface area (Å²) in [6.45, 7) is 7.48. The Morgan fingerprint density at radius 2 is 2.03 bits per heavy atom. The molecule has 1 aromatic carbocycles. The Balaban J connectivity index is 1.61. The van der Waals surface area contributed by atoms with Crippen LogP contribution in [0.2, 0.25) is 5.02 Å². The number of carbonyl (C=O) groups is 2. The average molecular weight is 487 g/mol. The number of likely N-dealkylation sites (tertiary alicyclic amines) is 1. The topological polar surface area (TPSA) is 84.9 Å². The quantitative estimate of drug-likeness (QED) is 0.630. The maximum Gasteiger partial charge on any atom is 0.410 e. The summed E-state index contributed by atoms with van der Waals surface area (Å²) in [5.74, 6) is 0.318. The lowest BCUT2D eigenvalue weighted by Gasteiger charge is -2.34. The van der Waals surface area contributed by atoms with Gasteiger partial charge in [-0.15, -0.1) is 0 Å². The molecule has 0 bridgehead atoms. The van der Waals surface area contributed by atoms with Gasteiger partial charge in [-0.3, -0.25) is 4.79 Å². The van der Waals surface area contributed by atoms with Crippen LogP contribution >= 0.6 is 11.6 Å². The van der Waals surface area contributed by atoms with Gasteiger partial charge in [-0.25, -0.2) is 14.8 Å². The Kier molecular flexibility index (Phi) is 7.09. The minimum Gasteiger partial charge on any atom is -0.444 e. The van der Waals surface area contributed by atoms with E-state index in [4.69, 9.17) is 21.1 Å². The van der Waals surface area contributed by atoms with Crippen molar-refractivity contribution in [2.45, 2.75) is 64.8 Å². The number of hydrogen-bond acceptors (Lipinski definition) is 6. The van der Waals surface area contributed by atoms with Gasteiger partial charge in [0.15, 0.2) is 5.82 Å². The molecule has 2 aliphatic heterocycles. The Labute approximate surface area is 205 Å². The first-order valence-corrected chi connectivity index (χ1v) is 11.9. The molecule has 1 fully saturated rings. The van der Waals surface area contributed by atoms with Gasteiger partial charge < -0.3 is 19.3 Å². The van der Waals surface area contributed by atoms with Crippen LogP contribution in [0.5, 0.6) is 0 Å². The number of halogens is 1. The van der Waals surface area contributed by atoms with E-state index in [1.807, 2.05) is 32.9 Å². The molecule has 9 heteroatoms. The summed E-state index contributed by atoms with van der Waals surface area (Å²) in [5.41, 5.74) is 2.93. The second-order valence-electron chi connectivity index (χ2n) is 9.73. The zero-order chi connectivity index (χ0) is 24.5. The van der Waals surface area contributed by atoms with Crippen molar-refractivity contribution in [2.24, 2.45) is 0 Å². The largest absolute Gasteiger partial charge is 0.444 e. The summed E-state index contributed by atoms with van der Waals surface area (Å²) in [5, 5.41) is 0.643. The molecule has 0 saturated carbocycles. The summed E-state index contributed by atoms with van der Waals surface area (Å²) in [4.78, 5) is 38.3. The van der Waals surface area contributed by atoms with Crippen molar-refractivity contribution >= 4 is 23.6 Å². The zero-order valence-corrected chi connectivity index (χ0v) is 20.9. The van der Waals surface area contributed by atoms with E-state index in [9.17, 15) is 9.59 Å². The summed E-state index contributed by atoms with van der Waals surface area (Å²) < 4.78 is 10.8. The molecule has 4 rings (SSSR count). The molecule has 1 aromatic heterocycles. The van der Waals surface area contributed by atoms with Gasteiger partial charge in [0, 0.05) is 38.0 Å². The number of fused-ring (bicyclic) bond motifs is 1. The monoisotopic (exact) mass is 486 g/mol. The number of rotatable bonds is 4. The van der Waals surface area contributed by atoms with Gasteiger partial charge in [0.2, 0.25) is 0 Å². The number of aromatic nitrogens is 2. The molecule has 34 heavy (non-hydrogen) atoms. The molecule has 0 spiro atoms. The minimum absolute atomic E-state index is 0.135. The third kappa shape index (κ3) is 5.33.